The van der Waals surface area contributed by atoms with Gasteiger partial charge in [0.1, 0.15) is 54.0 Å². The first-order chi connectivity index (χ1) is 33.8. The van der Waals surface area contributed by atoms with E-state index in [1.807, 2.05) is 0 Å². The Balaban J connectivity index is 1.23. The van der Waals surface area contributed by atoms with Gasteiger partial charge in [-0.05, 0) is 109 Å². The standard InChI is InChI=1S/C44H40N8O16S4/c1-25-17-35(39(67-5)23-33(25)49-45-31-13-15-37(65-3)43(21-31)71(59,60)61)51-47-29-11-9-27(41(19-29)69(53,54)55)7-8-28-10-12-30(20-42(28)70(56,57)58)48-52-36-18-26(2)34(24-40(36)68-6)50-46-32-14-16-38(66-4)44(22-32)72(62,63)64/h7-24H,1-6H3,(H,53,54,55)(H,56,57,58)(H,59,60,61)(H,62,63,64). The molecule has 0 aromatic heterocycles. The number of methoxy groups -OCH3 is 4. The highest BCUT2D eigenvalue weighted by Crippen LogP contribution is 2.40. The van der Waals surface area contributed by atoms with Gasteiger partial charge >= 0.3 is 0 Å². The third kappa shape index (κ3) is 13.2. The Morgan fingerprint density at radius 1 is 0.347 bits per heavy atom. The summed E-state index contributed by atoms with van der Waals surface area (Å²) in [5.74, 6) is 0.110. The molecule has 4 N–H and O–H groups in total. The van der Waals surface area contributed by atoms with Crippen molar-refractivity contribution < 1.29 is 70.8 Å². The topological polar surface area (TPSA) is 353 Å². The SMILES string of the molecule is COc1cc(N=Nc2ccc(OC)c(S(=O)(=O)O)c2)c(C)cc1N=Nc1ccc(C=Cc2ccc(N=Nc3cc(C)c(N=Nc4ccc(OC)c(S(=O)(=O)O)c4)cc3OC)cc2S(=O)(=O)O)c(S(=O)(=O)O)c1. The molecule has 0 radical (unpaired) electrons. The number of rotatable bonds is 18. The van der Waals surface area contributed by atoms with E-state index in [1.54, 1.807) is 13.8 Å². The number of nitrogens with zero attached hydrogens (tertiary/aromatic N) is 8. The van der Waals surface area contributed by atoms with E-state index >= 15 is 0 Å². The maximum atomic E-state index is 12.6. The monoisotopic (exact) mass is 1060 g/mol. The van der Waals surface area contributed by atoms with Crippen LogP contribution < -0.4 is 18.9 Å². The van der Waals surface area contributed by atoms with E-state index in [2.05, 4.69) is 40.9 Å². The predicted molar refractivity (Wildman–Crippen MR) is 259 cm³/mol. The van der Waals surface area contributed by atoms with Crippen LogP contribution in [-0.4, -0.2) is 80.3 Å². The second-order valence-corrected chi connectivity index (χ2v) is 20.3. The molecule has 0 saturated heterocycles. The quantitative estimate of drug-likeness (QED) is 0.0353. The van der Waals surface area contributed by atoms with Crippen molar-refractivity contribution in [1.82, 2.24) is 0 Å². The molecule has 0 unspecified atom stereocenters. The molecule has 0 aliphatic rings. The molecule has 376 valence electrons. The number of aryl methyl sites for hydroxylation is 2. The zero-order chi connectivity index (χ0) is 52.8. The number of hydrogen-bond donors (Lipinski definition) is 4. The van der Waals surface area contributed by atoms with Crippen LogP contribution in [0.4, 0.5) is 45.5 Å². The number of ether oxygens (including phenoxy) is 4. The molecule has 28 heteroatoms. The number of azo groups is 4. The summed E-state index contributed by atoms with van der Waals surface area (Å²) < 4.78 is 158. The molecule has 0 spiro atoms. The van der Waals surface area contributed by atoms with E-state index in [1.165, 1.54) is 113 Å². The summed E-state index contributed by atoms with van der Waals surface area (Å²) in [5, 5.41) is 33.0. The van der Waals surface area contributed by atoms with E-state index < -0.39 is 60.1 Å². The Hall–Kier alpha value is -7.70. The molecule has 6 aromatic carbocycles. The van der Waals surface area contributed by atoms with Crippen molar-refractivity contribution in [3.8, 4) is 23.0 Å². The van der Waals surface area contributed by atoms with Crippen molar-refractivity contribution in [3.05, 3.63) is 119 Å². The summed E-state index contributed by atoms with van der Waals surface area (Å²) in [6, 6.07) is 20.8. The molecule has 0 fully saturated rings. The minimum Gasteiger partial charge on any atom is -0.495 e. The van der Waals surface area contributed by atoms with Crippen LogP contribution in [0.5, 0.6) is 23.0 Å². The fourth-order valence-corrected chi connectivity index (χ4v) is 9.16. The maximum absolute atomic E-state index is 12.6. The van der Waals surface area contributed by atoms with Gasteiger partial charge in [0.2, 0.25) is 0 Å². The minimum atomic E-state index is -4.93. The largest absolute Gasteiger partial charge is 0.495 e. The van der Waals surface area contributed by atoms with E-state index in [0.717, 1.165) is 24.3 Å². The normalized spacial score (nSPS) is 12.8. The Labute approximate surface area is 412 Å². The van der Waals surface area contributed by atoms with Crippen molar-refractivity contribution in [3.63, 3.8) is 0 Å². The molecule has 0 atom stereocenters. The van der Waals surface area contributed by atoms with Gasteiger partial charge in [-0.1, -0.05) is 24.3 Å². The highest BCUT2D eigenvalue weighted by atomic mass is 32.2. The molecule has 0 amide bonds. The Kier molecular flexibility index (Phi) is 16.2. The fraction of sp³-hybridized carbons (Fsp3) is 0.136. The summed E-state index contributed by atoms with van der Waals surface area (Å²) in [4.78, 5) is -2.28. The molecule has 72 heavy (non-hydrogen) atoms. The average Bonchev–Trinajstić information content (AvgIpc) is 3.32. The van der Waals surface area contributed by atoms with E-state index in [9.17, 15) is 51.9 Å². The van der Waals surface area contributed by atoms with Gasteiger partial charge in [-0.15, -0.1) is 10.2 Å². The molecule has 24 nitrogen and oxygen atoms in total. The Bertz CT molecular complexity index is 3490. The Morgan fingerprint density at radius 3 is 0.917 bits per heavy atom. The molecular weight excluding hydrogens is 1020 g/mol. The zero-order valence-electron chi connectivity index (χ0n) is 38.3. The Morgan fingerprint density at radius 2 is 0.625 bits per heavy atom. The molecule has 0 heterocycles. The van der Waals surface area contributed by atoms with Crippen LogP contribution in [0.3, 0.4) is 0 Å². The summed E-state index contributed by atoms with van der Waals surface area (Å²) in [6.07, 6.45) is 2.36. The average molecular weight is 1070 g/mol. The lowest BCUT2D eigenvalue weighted by atomic mass is 10.1. The van der Waals surface area contributed by atoms with Crippen molar-refractivity contribution in [2.75, 3.05) is 28.4 Å². The highest BCUT2D eigenvalue weighted by Gasteiger charge is 2.21. The van der Waals surface area contributed by atoms with Crippen LogP contribution in [0.25, 0.3) is 12.2 Å². The smallest absolute Gasteiger partial charge is 0.298 e. The van der Waals surface area contributed by atoms with Crippen LogP contribution in [0.15, 0.2) is 158 Å². The van der Waals surface area contributed by atoms with Crippen LogP contribution in [0.1, 0.15) is 22.3 Å². The second kappa shape index (κ2) is 21.7. The van der Waals surface area contributed by atoms with Crippen LogP contribution >= 0.6 is 0 Å². The van der Waals surface area contributed by atoms with Crippen LogP contribution in [-0.2, 0) is 40.5 Å². The summed E-state index contributed by atoms with van der Waals surface area (Å²) >= 11 is 0. The predicted octanol–water partition coefficient (Wildman–Crippen LogP) is 11.2. The van der Waals surface area contributed by atoms with E-state index in [4.69, 9.17) is 18.9 Å². The highest BCUT2D eigenvalue weighted by molar-refractivity contribution is 7.86. The lowest BCUT2D eigenvalue weighted by molar-refractivity contribution is 0.397. The van der Waals surface area contributed by atoms with Gasteiger partial charge in [0.25, 0.3) is 40.5 Å². The van der Waals surface area contributed by atoms with Crippen molar-refractivity contribution in [2.45, 2.75) is 33.4 Å². The molecule has 6 aromatic rings. The van der Waals surface area contributed by atoms with Gasteiger partial charge in [-0.3, -0.25) is 18.2 Å². The summed E-state index contributed by atoms with van der Waals surface area (Å²) in [5.41, 5.74) is 1.78. The number of hydrogen-bond acceptors (Lipinski definition) is 20. The fourth-order valence-electron chi connectivity index (χ4n) is 6.40. The molecule has 0 aliphatic carbocycles. The van der Waals surface area contributed by atoms with Gasteiger partial charge in [-0.25, -0.2) is 0 Å². The summed E-state index contributed by atoms with van der Waals surface area (Å²) in [6.45, 7) is 3.32. The summed E-state index contributed by atoms with van der Waals surface area (Å²) in [7, 11) is -14.0. The van der Waals surface area contributed by atoms with E-state index in [-0.39, 0.29) is 79.6 Å². The first-order valence-corrected chi connectivity index (χ1v) is 25.9. The van der Waals surface area contributed by atoms with Crippen molar-refractivity contribution >= 4 is 98.1 Å². The van der Waals surface area contributed by atoms with Gasteiger partial charge in [0.15, 0.2) is 0 Å². The molecular formula is C44H40N8O16S4. The molecule has 0 bridgehead atoms. The first-order valence-electron chi connectivity index (χ1n) is 20.1. The second-order valence-electron chi connectivity index (χ2n) is 14.8. The van der Waals surface area contributed by atoms with Gasteiger partial charge in [0, 0.05) is 12.1 Å². The van der Waals surface area contributed by atoms with E-state index in [0.29, 0.717) is 11.1 Å². The third-order valence-corrected chi connectivity index (χ3v) is 13.5. The van der Waals surface area contributed by atoms with Crippen molar-refractivity contribution in [1.29, 1.82) is 0 Å². The van der Waals surface area contributed by atoms with Crippen LogP contribution in [0.2, 0.25) is 0 Å². The van der Waals surface area contributed by atoms with Gasteiger partial charge in [0.05, 0.1) is 62.6 Å². The van der Waals surface area contributed by atoms with Crippen LogP contribution in [0, 0.1) is 13.8 Å². The third-order valence-electron chi connectivity index (χ3n) is 9.93. The minimum absolute atomic E-state index is 0.0398. The van der Waals surface area contributed by atoms with Crippen molar-refractivity contribution in [2.24, 2.45) is 40.9 Å². The molecule has 6 rings (SSSR count). The van der Waals surface area contributed by atoms with Gasteiger partial charge < -0.3 is 18.9 Å². The molecule has 0 aliphatic heterocycles. The molecule has 0 saturated carbocycles. The lowest BCUT2D eigenvalue weighted by Gasteiger charge is -2.09. The van der Waals surface area contributed by atoms with Gasteiger partial charge in [-0.2, -0.15) is 64.4 Å². The number of benzene rings is 6. The zero-order valence-corrected chi connectivity index (χ0v) is 41.6. The lowest BCUT2D eigenvalue weighted by Crippen LogP contribution is -2.01. The maximum Gasteiger partial charge on any atom is 0.298 e. The first kappa shape index (κ1) is 53.6.